The van der Waals surface area contributed by atoms with E-state index in [-0.39, 0.29) is 6.42 Å². The van der Waals surface area contributed by atoms with Crippen molar-refractivity contribution in [3.05, 3.63) is 36.5 Å². The highest BCUT2D eigenvalue weighted by Crippen LogP contribution is 2.15. The van der Waals surface area contributed by atoms with Crippen molar-refractivity contribution in [1.82, 2.24) is 5.32 Å². The van der Waals surface area contributed by atoms with Gasteiger partial charge in [0.15, 0.2) is 0 Å². The smallest absolute Gasteiger partial charge is 0.249 e. The van der Waals surface area contributed by atoms with Crippen molar-refractivity contribution < 1.29 is 25.2 Å². The van der Waals surface area contributed by atoms with Gasteiger partial charge in [0, 0.05) is 0 Å². The molecular weight excluding hydrogens is 610 g/mol. The van der Waals surface area contributed by atoms with Gasteiger partial charge in [-0.15, -0.1) is 0 Å². The van der Waals surface area contributed by atoms with Crippen molar-refractivity contribution in [2.45, 2.75) is 224 Å². The second-order valence-electron chi connectivity index (χ2n) is 14.3. The van der Waals surface area contributed by atoms with E-state index in [0.717, 1.165) is 32.1 Å². The molecule has 5 N–H and O–H groups in total. The number of nitrogens with one attached hydrogen (secondary N) is 1. The molecule has 0 aromatic carbocycles. The van der Waals surface area contributed by atoms with E-state index in [1.54, 1.807) is 0 Å². The first kappa shape index (κ1) is 47.5. The number of rotatable bonds is 37. The molecule has 0 spiro atoms. The third-order valence-corrected chi connectivity index (χ3v) is 9.56. The Kier molecular flexibility index (Phi) is 36.6. The van der Waals surface area contributed by atoms with Gasteiger partial charge in [-0.25, -0.2) is 0 Å². The number of hydrogen-bond donors (Lipinski definition) is 5. The van der Waals surface area contributed by atoms with Gasteiger partial charge in [-0.05, 0) is 70.6 Å². The molecule has 4 unspecified atom stereocenters. The van der Waals surface area contributed by atoms with Crippen LogP contribution in [0.5, 0.6) is 0 Å². The lowest BCUT2D eigenvalue weighted by Gasteiger charge is -2.27. The highest BCUT2D eigenvalue weighted by atomic mass is 16.3. The van der Waals surface area contributed by atoms with Gasteiger partial charge in [-0.3, -0.25) is 4.79 Å². The van der Waals surface area contributed by atoms with E-state index >= 15 is 0 Å². The van der Waals surface area contributed by atoms with Crippen LogP contribution in [0.25, 0.3) is 0 Å². The van der Waals surface area contributed by atoms with Crippen LogP contribution in [0, 0.1) is 0 Å². The number of carbonyl (C=O) groups is 1. The molecular formula is C43H81NO5. The van der Waals surface area contributed by atoms with Crippen LogP contribution in [0.3, 0.4) is 0 Å². The lowest BCUT2D eigenvalue weighted by Crippen LogP contribution is -2.53. The Hall–Kier alpha value is -1.47. The summed E-state index contributed by atoms with van der Waals surface area (Å²) in [7, 11) is 0. The molecule has 0 aliphatic carbocycles. The Morgan fingerprint density at radius 2 is 0.857 bits per heavy atom. The van der Waals surface area contributed by atoms with E-state index in [0.29, 0.717) is 19.3 Å². The fraction of sp³-hybridized carbons (Fsp3) is 0.837. The first-order chi connectivity index (χ1) is 24.0. The van der Waals surface area contributed by atoms with E-state index in [2.05, 4.69) is 49.5 Å². The summed E-state index contributed by atoms with van der Waals surface area (Å²) < 4.78 is 0. The molecule has 0 radical (unpaired) electrons. The third kappa shape index (κ3) is 32.2. The summed E-state index contributed by atoms with van der Waals surface area (Å²) in [6.07, 6.45) is 43.6. The largest absolute Gasteiger partial charge is 0.394 e. The molecule has 0 aliphatic rings. The van der Waals surface area contributed by atoms with Gasteiger partial charge in [0.1, 0.15) is 12.2 Å². The van der Waals surface area contributed by atoms with Crippen LogP contribution in [0.4, 0.5) is 0 Å². The molecule has 0 saturated carbocycles. The number of amides is 1. The first-order valence-corrected chi connectivity index (χ1v) is 20.9. The average Bonchev–Trinajstić information content (AvgIpc) is 3.11. The van der Waals surface area contributed by atoms with Gasteiger partial charge >= 0.3 is 0 Å². The molecule has 0 aromatic rings. The third-order valence-electron chi connectivity index (χ3n) is 9.56. The molecule has 0 aliphatic heterocycles. The summed E-state index contributed by atoms with van der Waals surface area (Å²) in [5.74, 6) is -0.636. The Balaban J connectivity index is 3.75. The van der Waals surface area contributed by atoms with Crippen molar-refractivity contribution in [1.29, 1.82) is 0 Å². The predicted molar refractivity (Wildman–Crippen MR) is 210 cm³/mol. The number of hydrogen-bond acceptors (Lipinski definition) is 5. The maximum atomic E-state index is 12.4. The zero-order valence-electron chi connectivity index (χ0n) is 32.2. The average molecular weight is 692 g/mol. The minimum atomic E-state index is -1.30. The van der Waals surface area contributed by atoms with Gasteiger partial charge in [-0.1, -0.05) is 166 Å². The monoisotopic (exact) mass is 692 g/mol. The van der Waals surface area contributed by atoms with Gasteiger partial charge < -0.3 is 25.7 Å². The Morgan fingerprint density at radius 3 is 1.31 bits per heavy atom. The SMILES string of the molecule is CCCCCC/C=C\CCC(O)C(=O)NC(CO)C(O)C(O)CCC/C=C/CC/C=C/CCCCCCCCCCCCCCCCCC. The topological polar surface area (TPSA) is 110 Å². The minimum absolute atomic E-state index is 0.274. The molecule has 49 heavy (non-hydrogen) atoms. The van der Waals surface area contributed by atoms with E-state index in [1.165, 1.54) is 128 Å². The molecule has 6 nitrogen and oxygen atoms in total. The van der Waals surface area contributed by atoms with Crippen LogP contribution < -0.4 is 5.32 Å². The normalized spacial score (nSPS) is 14.7. The van der Waals surface area contributed by atoms with Crippen LogP contribution >= 0.6 is 0 Å². The quantitative estimate of drug-likeness (QED) is 0.0329. The summed E-state index contributed by atoms with van der Waals surface area (Å²) in [5, 5.41) is 43.3. The maximum Gasteiger partial charge on any atom is 0.249 e. The molecule has 288 valence electrons. The Labute approximate surface area is 303 Å². The van der Waals surface area contributed by atoms with Crippen molar-refractivity contribution in [3.63, 3.8) is 0 Å². The molecule has 0 bridgehead atoms. The van der Waals surface area contributed by atoms with E-state index in [1.807, 2.05) is 6.08 Å². The zero-order chi connectivity index (χ0) is 36.0. The number of carbonyl (C=O) groups excluding carboxylic acids is 1. The van der Waals surface area contributed by atoms with Crippen LogP contribution in [0.2, 0.25) is 0 Å². The lowest BCUT2D eigenvalue weighted by molar-refractivity contribution is -0.132. The second-order valence-corrected chi connectivity index (χ2v) is 14.3. The zero-order valence-corrected chi connectivity index (χ0v) is 32.2. The molecule has 0 saturated heterocycles. The highest BCUT2D eigenvalue weighted by molar-refractivity contribution is 5.80. The predicted octanol–water partition coefficient (Wildman–Crippen LogP) is 10.6. The number of unbranched alkanes of at least 4 members (excludes halogenated alkanes) is 22. The van der Waals surface area contributed by atoms with Crippen LogP contribution in [0.15, 0.2) is 36.5 Å². The van der Waals surface area contributed by atoms with Gasteiger partial charge in [0.25, 0.3) is 0 Å². The summed E-state index contributed by atoms with van der Waals surface area (Å²) in [4.78, 5) is 12.4. The van der Waals surface area contributed by atoms with Gasteiger partial charge in [0.05, 0.1) is 18.8 Å². The van der Waals surface area contributed by atoms with Crippen LogP contribution in [-0.2, 0) is 4.79 Å². The van der Waals surface area contributed by atoms with Gasteiger partial charge in [0.2, 0.25) is 5.91 Å². The van der Waals surface area contributed by atoms with Gasteiger partial charge in [-0.2, -0.15) is 0 Å². The summed E-state index contributed by atoms with van der Waals surface area (Å²) in [5.41, 5.74) is 0. The van der Waals surface area contributed by atoms with Crippen molar-refractivity contribution >= 4 is 5.91 Å². The molecule has 6 heteroatoms. The number of allylic oxidation sites excluding steroid dienone is 6. The van der Waals surface area contributed by atoms with Crippen LogP contribution in [-0.4, -0.2) is 57.3 Å². The molecule has 0 heterocycles. The van der Waals surface area contributed by atoms with E-state index < -0.39 is 36.9 Å². The summed E-state index contributed by atoms with van der Waals surface area (Å²) in [6, 6.07) is -1.02. The summed E-state index contributed by atoms with van der Waals surface area (Å²) >= 11 is 0. The van der Waals surface area contributed by atoms with Crippen molar-refractivity contribution in [2.75, 3.05) is 6.61 Å². The van der Waals surface area contributed by atoms with Crippen molar-refractivity contribution in [3.8, 4) is 0 Å². The highest BCUT2D eigenvalue weighted by Gasteiger charge is 2.28. The number of aliphatic hydroxyl groups is 4. The second kappa shape index (κ2) is 37.8. The summed E-state index contributed by atoms with van der Waals surface area (Å²) in [6.45, 7) is 3.96. The molecule has 4 atom stereocenters. The fourth-order valence-corrected chi connectivity index (χ4v) is 6.19. The fourth-order valence-electron chi connectivity index (χ4n) is 6.19. The van der Waals surface area contributed by atoms with Crippen molar-refractivity contribution in [2.24, 2.45) is 0 Å². The maximum absolute atomic E-state index is 12.4. The molecule has 0 fully saturated rings. The van der Waals surface area contributed by atoms with Crippen LogP contribution in [0.1, 0.15) is 200 Å². The van der Waals surface area contributed by atoms with E-state index in [9.17, 15) is 25.2 Å². The standard InChI is InChI=1S/C43H81NO5/c1-3-5-7-9-11-13-14-15-16-17-18-19-20-21-22-23-24-25-26-27-28-29-31-32-34-36-40(46)42(48)39(38-45)44-43(49)41(47)37-35-33-30-12-10-8-6-4-2/h25-26,29-31,33,39-42,45-48H,3-24,27-28,32,34-38H2,1-2H3,(H,44,49)/b26-25+,31-29+,33-30-. The van der Waals surface area contributed by atoms with E-state index in [4.69, 9.17) is 0 Å². The first-order valence-electron chi connectivity index (χ1n) is 20.9. The minimum Gasteiger partial charge on any atom is -0.394 e. The molecule has 1 amide bonds. The lowest BCUT2D eigenvalue weighted by atomic mass is 10.0. The molecule has 0 aromatic heterocycles. The number of aliphatic hydroxyl groups excluding tert-OH is 4. The Morgan fingerprint density at radius 1 is 0.490 bits per heavy atom. The Bertz CT molecular complexity index is 782. The molecule has 0 rings (SSSR count).